The summed E-state index contributed by atoms with van der Waals surface area (Å²) >= 11 is 0. The van der Waals surface area contributed by atoms with Crippen LogP contribution < -0.4 is 10.1 Å². The first-order chi connectivity index (χ1) is 22.1. The first-order valence-corrected chi connectivity index (χ1v) is 14.2. The fraction of sp³-hybridized carbons (Fsp3) is 0.607. The molecule has 19 nitrogen and oxygen atoms in total. The molecule has 0 unspecified atom stereocenters. The Labute approximate surface area is 267 Å². The highest BCUT2D eigenvalue weighted by molar-refractivity contribution is 5.73. The molecule has 2 saturated heterocycles. The van der Waals surface area contributed by atoms with Crippen molar-refractivity contribution in [3.05, 3.63) is 34.4 Å². The number of nitrogens with one attached hydrogen (secondary N) is 1. The molecule has 0 spiro atoms. The fourth-order valence-electron chi connectivity index (χ4n) is 4.95. The van der Waals surface area contributed by atoms with Crippen LogP contribution in [-0.4, -0.2) is 119 Å². The lowest BCUT2D eigenvalue weighted by atomic mass is 9.95. The Kier molecular flexibility index (Phi) is 12.9. The third-order valence-electron chi connectivity index (χ3n) is 6.76. The summed E-state index contributed by atoms with van der Waals surface area (Å²) in [7, 11) is 0. The molecule has 0 aliphatic carbocycles. The average Bonchev–Trinajstić information content (AvgIpc) is 2.97. The van der Waals surface area contributed by atoms with E-state index in [1.807, 2.05) is 0 Å². The van der Waals surface area contributed by atoms with E-state index in [1.165, 1.54) is 12.1 Å². The molecule has 2 heterocycles. The van der Waals surface area contributed by atoms with Gasteiger partial charge >= 0.3 is 23.9 Å². The number of hydrogen-bond donors (Lipinski definition) is 3. The minimum atomic E-state index is -1.77. The lowest BCUT2D eigenvalue weighted by molar-refractivity contribution is -0.384. The topological polar surface area (TPSA) is 255 Å². The van der Waals surface area contributed by atoms with Gasteiger partial charge in [-0.3, -0.25) is 34.1 Å². The van der Waals surface area contributed by atoms with E-state index in [-0.39, 0.29) is 11.4 Å². The summed E-state index contributed by atoms with van der Waals surface area (Å²) in [6.07, 6.45) is -14.1. The Morgan fingerprint density at radius 2 is 1.36 bits per heavy atom. The summed E-state index contributed by atoms with van der Waals surface area (Å²) in [5, 5.41) is 34.9. The van der Waals surface area contributed by atoms with E-state index in [4.69, 9.17) is 37.9 Å². The number of carbonyl (C=O) groups is 5. The maximum atomic E-state index is 12.3. The standard InChI is InChI=1S/C28H36N2O17/c1-12(32)29-21-24(22(37)19(10-31)45-27(21)44-18-8-6-17(7-9-18)30(38)39)47-28-26(43-16(5)36)25(42-15(4)35)23(41-14(3)34)20(46-28)11-40-13(2)33/h6-9,19-28,31,37H,10-11H2,1-5H3,(H,29,32)/t19-,20-,21-,22-,23+,24-,25+,26-,27-,28+/m1/s1. The smallest absolute Gasteiger partial charge is 0.303 e. The van der Waals surface area contributed by atoms with Gasteiger partial charge in [-0.2, -0.15) is 0 Å². The first kappa shape index (κ1) is 37.0. The van der Waals surface area contributed by atoms with E-state index < -0.39 is 109 Å². The van der Waals surface area contributed by atoms with Crippen LogP contribution in [-0.2, 0) is 57.1 Å². The highest BCUT2D eigenvalue weighted by Crippen LogP contribution is 2.34. The number of aliphatic hydroxyl groups excluding tert-OH is 2. The van der Waals surface area contributed by atoms with Gasteiger partial charge in [0.2, 0.25) is 12.2 Å². The molecule has 47 heavy (non-hydrogen) atoms. The number of non-ortho nitro benzene ring substituents is 1. The SMILES string of the molecule is CC(=O)N[C@H]1[C@H](Oc2ccc([N+](=O)[O-])cc2)O[C@H](CO)[C@@H](O)[C@@H]1O[C@@H]1O[C@H](COC(C)=O)[C@H](OC(C)=O)[C@H](OC(C)=O)[C@H]1OC(C)=O. The monoisotopic (exact) mass is 672 g/mol. The lowest BCUT2D eigenvalue weighted by Crippen LogP contribution is -2.69. The van der Waals surface area contributed by atoms with Gasteiger partial charge < -0.3 is 53.4 Å². The van der Waals surface area contributed by atoms with Crippen molar-refractivity contribution in [1.82, 2.24) is 5.32 Å². The normalized spacial score (nSPS) is 30.3. The van der Waals surface area contributed by atoms with Crippen molar-refractivity contribution in [2.24, 2.45) is 0 Å². The van der Waals surface area contributed by atoms with E-state index in [9.17, 15) is 44.3 Å². The van der Waals surface area contributed by atoms with Crippen molar-refractivity contribution < 1.29 is 77.0 Å². The number of carbonyl (C=O) groups excluding carboxylic acids is 5. The molecular weight excluding hydrogens is 636 g/mol. The van der Waals surface area contributed by atoms with Crippen molar-refractivity contribution >= 4 is 35.5 Å². The third-order valence-corrected chi connectivity index (χ3v) is 6.76. The van der Waals surface area contributed by atoms with Gasteiger partial charge in [0.05, 0.1) is 11.5 Å². The second-order valence-corrected chi connectivity index (χ2v) is 10.5. The number of nitro benzene ring substituents is 1. The van der Waals surface area contributed by atoms with E-state index in [0.717, 1.165) is 46.8 Å². The van der Waals surface area contributed by atoms with Crippen molar-refractivity contribution in [3.63, 3.8) is 0 Å². The predicted octanol–water partition coefficient (Wildman–Crippen LogP) is -0.975. The molecule has 10 atom stereocenters. The Bertz CT molecular complexity index is 1310. The maximum Gasteiger partial charge on any atom is 0.303 e. The molecule has 0 aromatic heterocycles. The number of hydrogen-bond acceptors (Lipinski definition) is 17. The molecule has 0 bridgehead atoms. The summed E-state index contributed by atoms with van der Waals surface area (Å²) in [6, 6.07) is 3.40. The molecule has 2 aliphatic heterocycles. The molecule has 1 aromatic carbocycles. The molecule has 1 amide bonds. The molecule has 3 rings (SSSR count). The van der Waals surface area contributed by atoms with Gasteiger partial charge in [-0.05, 0) is 12.1 Å². The molecule has 2 aliphatic rings. The van der Waals surface area contributed by atoms with Gasteiger partial charge in [-0.15, -0.1) is 0 Å². The van der Waals surface area contributed by atoms with Crippen molar-refractivity contribution in [1.29, 1.82) is 0 Å². The van der Waals surface area contributed by atoms with Crippen LogP contribution in [0.5, 0.6) is 5.75 Å². The average molecular weight is 673 g/mol. The molecule has 3 N–H and O–H groups in total. The minimum absolute atomic E-state index is 0.0371. The summed E-state index contributed by atoms with van der Waals surface area (Å²) in [6.45, 7) is 3.99. The van der Waals surface area contributed by atoms with Gasteiger partial charge in [0.15, 0.2) is 24.6 Å². The Balaban J connectivity index is 2.06. The molecule has 260 valence electrons. The van der Waals surface area contributed by atoms with Crippen molar-refractivity contribution in [2.75, 3.05) is 13.2 Å². The zero-order chi connectivity index (χ0) is 35.0. The number of nitro groups is 1. The Hall–Kier alpha value is -4.43. The number of amides is 1. The van der Waals surface area contributed by atoms with Gasteiger partial charge in [0, 0.05) is 46.8 Å². The molecule has 19 heteroatoms. The maximum absolute atomic E-state index is 12.3. The first-order valence-electron chi connectivity index (χ1n) is 14.2. The number of benzene rings is 1. The largest absolute Gasteiger partial charge is 0.463 e. The predicted molar refractivity (Wildman–Crippen MR) is 150 cm³/mol. The fourth-order valence-corrected chi connectivity index (χ4v) is 4.95. The second kappa shape index (κ2) is 16.4. The van der Waals surface area contributed by atoms with E-state index >= 15 is 0 Å². The highest BCUT2D eigenvalue weighted by atomic mass is 16.8. The van der Waals surface area contributed by atoms with Crippen LogP contribution >= 0.6 is 0 Å². The summed E-state index contributed by atoms with van der Waals surface area (Å²) in [4.78, 5) is 70.8. The van der Waals surface area contributed by atoms with E-state index in [1.54, 1.807) is 0 Å². The van der Waals surface area contributed by atoms with Crippen molar-refractivity contribution in [2.45, 2.75) is 96.0 Å². The van der Waals surface area contributed by atoms with Crippen LogP contribution in [0.3, 0.4) is 0 Å². The Morgan fingerprint density at radius 1 is 0.809 bits per heavy atom. The van der Waals surface area contributed by atoms with Crippen LogP contribution in [0, 0.1) is 10.1 Å². The summed E-state index contributed by atoms with van der Waals surface area (Å²) < 4.78 is 44.8. The highest BCUT2D eigenvalue weighted by Gasteiger charge is 2.56. The summed E-state index contributed by atoms with van der Waals surface area (Å²) in [5.41, 5.74) is -0.242. The second-order valence-electron chi connectivity index (χ2n) is 10.5. The van der Waals surface area contributed by atoms with Crippen LogP contribution in [0.25, 0.3) is 0 Å². The number of nitrogens with zero attached hydrogens (tertiary/aromatic N) is 1. The molecule has 1 aromatic rings. The third kappa shape index (κ3) is 10.0. The molecule has 0 saturated carbocycles. The number of rotatable bonds is 12. The molecular formula is C28H36N2O17. The molecule has 2 fully saturated rings. The van der Waals surface area contributed by atoms with Gasteiger partial charge in [0.25, 0.3) is 5.69 Å². The van der Waals surface area contributed by atoms with E-state index in [2.05, 4.69) is 5.32 Å². The van der Waals surface area contributed by atoms with Crippen LogP contribution in [0.2, 0.25) is 0 Å². The quantitative estimate of drug-likeness (QED) is 0.104. The van der Waals surface area contributed by atoms with E-state index in [0.29, 0.717) is 0 Å². The van der Waals surface area contributed by atoms with Gasteiger partial charge in [-0.1, -0.05) is 0 Å². The number of aliphatic hydroxyl groups is 2. The van der Waals surface area contributed by atoms with Gasteiger partial charge in [0.1, 0.15) is 42.8 Å². The number of esters is 4. The number of ether oxygens (including phenoxy) is 8. The zero-order valence-electron chi connectivity index (χ0n) is 26.0. The Morgan fingerprint density at radius 3 is 1.87 bits per heavy atom. The van der Waals surface area contributed by atoms with Crippen molar-refractivity contribution in [3.8, 4) is 5.75 Å². The lowest BCUT2D eigenvalue weighted by Gasteiger charge is -2.48. The zero-order valence-corrected chi connectivity index (χ0v) is 26.0. The van der Waals surface area contributed by atoms with Crippen LogP contribution in [0.15, 0.2) is 24.3 Å². The van der Waals surface area contributed by atoms with Gasteiger partial charge in [-0.25, -0.2) is 0 Å². The molecule has 0 radical (unpaired) electrons. The minimum Gasteiger partial charge on any atom is -0.463 e. The van der Waals surface area contributed by atoms with Crippen LogP contribution in [0.1, 0.15) is 34.6 Å². The van der Waals surface area contributed by atoms with Crippen LogP contribution in [0.4, 0.5) is 5.69 Å². The summed E-state index contributed by atoms with van der Waals surface area (Å²) in [5.74, 6) is -4.03.